The third-order valence-corrected chi connectivity index (χ3v) is 3.14. The lowest BCUT2D eigenvalue weighted by atomic mass is 9.72. The van der Waals surface area contributed by atoms with E-state index >= 15 is 0 Å². The first-order chi connectivity index (χ1) is 6.67. The van der Waals surface area contributed by atoms with Gasteiger partial charge in [0.1, 0.15) is 0 Å². The van der Waals surface area contributed by atoms with E-state index in [1.165, 1.54) is 5.56 Å². The summed E-state index contributed by atoms with van der Waals surface area (Å²) in [4.78, 5) is 12.1. The minimum absolute atomic E-state index is 0.217. The van der Waals surface area contributed by atoms with Crippen LogP contribution >= 0.6 is 0 Å². The van der Waals surface area contributed by atoms with E-state index in [-0.39, 0.29) is 11.2 Å². The Labute approximate surface area is 84.5 Å². The van der Waals surface area contributed by atoms with Gasteiger partial charge in [-0.3, -0.25) is 4.79 Å². The zero-order valence-corrected chi connectivity index (χ0v) is 8.42. The maximum Gasteiger partial charge on any atom is 0.172 e. The second-order valence-corrected chi connectivity index (χ2v) is 4.11. The first kappa shape index (κ1) is 9.20. The zero-order valence-electron chi connectivity index (χ0n) is 8.42. The molecule has 0 fully saturated rings. The van der Waals surface area contributed by atoms with Crippen LogP contribution in [0.4, 0.5) is 0 Å². The van der Waals surface area contributed by atoms with Crippen LogP contribution in [0.5, 0.6) is 0 Å². The van der Waals surface area contributed by atoms with E-state index in [9.17, 15) is 4.79 Å². The summed E-state index contributed by atoms with van der Waals surface area (Å²) in [6.45, 7) is 5.73. The van der Waals surface area contributed by atoms with E-state index in [1.54, 1.807) is 6.08 Å². The highest BCUT2D eigenvalue weighted by molar-refractivity contribution is 6.03. The fourth-order valence-corrected chi connectivity index (χ4v) is 1.97. The molecule has 1 aromatic carbocycles. The van der Waals surface area contributed by atoms with Gasteiger partial charge in [-0.1, -0.05) is 30.3 Å². The largest absolute Gasteiger partial charge is 0.293 e. The van der Waals surface area contributed by atoms with Crippen LogP contribution in [0.3, 0.4) is 0 Å². The molecule has 72 valence electrons. The van der Waals surface area contributed by atoms with Crippen molar-refractivity contribution in [3.8, 4) is 0 Å². The quantitative estimate of drug-likeness (QED) is 0.616. The van der Waals surface area contributed by atoms with Gasteiger partial charge in [0, 0.05) is 11.0 Å². The SMILES string of the molecule is C=CC1(C)CCc2ccccc2C1=O. The number of aryl methyl sites for hydroxylation is 1. The predicted octanol–water partition coefficient (Wildman–Crippen LogP) is 3.01. The Hall–Kier alpha value is -1.37. The molecule has 1 unspecified atom stereocenters. The Bertz CT molecular complexity index is 392. The Morgan fingerprint density at radius 3 is 2.86 bits per heavy atom. The van der Waals surface area contributed by atoms with E-state index in [4.69, 9.17) is 0 Å². The maximum absolute atomic E-state index is 12.1. The number of ketones is 1. The molecule has 1 aliphatic rings. The fourth-order valence-electron chi connectivity index (χ4n) is 1.97. The van der Waals surface area contributed by atoms with Crippen LogP contribution in [0.15, 0.2) is 36.9 Å². The van der Waals surface area contributed by atoms with E-state index < -0.39 is 0 Å². The van der Waals surface area contributed by atoms with Gasteiger partial charge >= 0.3 is 0 Å². The van der Waals surface area contributed by atoms with Crippen LogP contribution in [0.1, 0.15) is 29.3 Å². The molecule has 0 aliphatic heterocycles. The number of carbonyl (C=O) groups excluding carboxylic acids is 1. The lowest BCUT2D eigenvalue weighted by molar-refractivity contribution is 0.0846. The molecule has 1 nitrogen and oxygen atoms in total. The molecule has 0 amide bonds. The molecule has 0 saturated heterocycles. The van der Waals surface area contributed by atoms with Crippen molar-refractivity contribution in [1.82, 2.24) is 0 Å². The average Bonchev–Trinajstić information content (AvgIpc) is 2.24. The second-order valence-electron chi connectivity index (χ2n) is 4.11. The molecule has 0 heterocycles. The van der Waals surface area contributed by atoms with Crippen LogP contribution in [0.2, 0.25) is 0 Å². The van der Waals surface area contributed by atoms with Crippen molar-refractivity contribution < 1.29 is 4.79 Å². The summed E-state index contributed by atoms with van der Waals surface area (Å²) in [5.74, 6) is 0.217. The summed E-state index contributed by atoms with van der Waals surface area (Å²) in [5.41, 5.74) is 1.70. The summed E-state index contributed by atoms with van der Waals surface area (Å²) in [6.07, 6.45) is 3.64. The number of fused-ring (bicyclic) bond motifs is 1. The van der Waals surface area contributed by atoms with Crippen LogP contribution in [0.25, 0.3) is 0 Å². The van der Waals surface area contributed by atoms with Crippen molar-refractivity contribution in [3.63, 3.8) is 0 Å². The summed E-state index contributed by atoms with van der Waals surface area (Å²) in [5, 5.41) is 0. The van der Waals surface area contributed by atoms with Crippen LogP contribution < -0.4 is 0 Å². The zero-order chi connectivity index (χ0) is 10.2. The summed E-state index contributed by atoms with van der Waals surface area (Å²) in [7, 11) is 0. The van der Waals surface area contributed by atoms with E-state index in [2.05, 4.69) is 6.58 Å². The highest BCUT2D eigenvalue weighted by Gasteiger charge is 2.35. The number of hydrogen-bond acceptors (Lipinski definition) is 1. The van der Waals surface area contributed by atoms with E-state index in [1.807, 2.05) is 31.2 Å². The molecule has 0 saturated carbocycles. The lowest BCUT2D eigenvalue weighted by Gasteiger charge is -2.30. The molecule has 0 bridgehead atoms. The Morgan fingerprint density at radius 2 is 2.14 bits per heavy atom. The highest BCUT2D eigenvalue weighted by Crippen LogP contribution is 2.35. The summed E-state index contributed by atoms with van der Waals surface area (Å²) >= 11 is 0. The van der Waals surface area contributed by atoms with Crippen LogP contribution in [-0.2, 0) is 6.42 Å². The van der Waals surface area contributed by atoms with Gasteiger partial charge in [-0.25, -0.2) is 0 Å². The third kappa shape index (κ3) is 1.20. The topological polar surface area (TPSA) is 17.1 Å². The minimum Gasteiger partial charge on any atom is -0.293 e. The highest BCUT2D eigenvalue weighted by atomic mass is 16.1. The molecule has 0 radical (unpaired) electrons. The molecule has 1 atom stereocenters. The van der Waals surface area contributed by atoms with Gasteiger partial charge in [0.05, 0.1) is 0 Å². The fraction of sp³-hybridized carbons (Fsp3) is 0.308. The smallest absolute Gasteiger partial charge is 0.172 e. The molecule has 1 aromatic rings. The first-order valence-corrected chi connectivity index (χ1v) is 4.94. The Balaban J connectivity index is 2.51. The maximum atomic E-state index is 12.1. The molecule has 1 heteroatoms. The van der Waals surface area contributed by atoms with Gasteiger partial charge in [0.2, 0.25) is 0 Å². The number of Topliss-reactive ketones (excluding diaryl/α,β-unsaturated/α-hetero) is 1. The first-order valence-electron chi connectivity index (χ1n) is 4.94. The van der Waals surface area contributed by atoms with Crippen molar-refractivity contribution >= 4 is 5.78 Å². The Kier molecular flexibility index (Phi) is 2.03. The van der Waals surface area contributed by atoms with Crippen molar-refractivity contribution in [2.45, 2.75) is 19.8 Å². The Morgan fingerprint density at radius 1 is 1.43 bits per heavy atom. The summed E-state index contributed by atoms with van der Waals surface area (Å²) < 4.78 is 0. The normalized spacial score (nSPS) is 25.6. The van der Waals surface area contributed by atoms with Crippen LogP contribution in [-0.4, -0.2) is 5.78 Å². The number of rotatable bonds is 1. The molecule has 0 N–H and O–H groups in total. The van der Waals surface area contributed by atoms with E-state index in [0.29, 0.717) is 0 Å². The standard InChI is InChI=1S/C13H14O/c1-3-13(2)9-8-10-6-4-5-7-11(10)12(13)14/h3-7H,1,8-9H2,2H3. The van der Waals surface area contributed by atoms with Crippen LogP contribution in [0, 0.1) is 5.41 Å². The number of benzene rings is 1. The van der Waals surface area contributed by atoms with Crippen molar-refractivity contribution in [3.05, 3.63) is 48.0 Å². The second kappa shape index (κ2) is 3.09. The molecular weight excluding hydrogens is 172 g/mol. The summed E-state index contributed by atoms with van der Waals surface area (Å²) in [6, 6.07) is 7.86. The third-order valence-electron chi connectivity index (χ3n) is 3.14. The number of carbonyl (C=O) groups is 1. The molecular formula is C13H14O. The van der Waals surface area contributed by atoms with Gasteiger partial charge < -0.3 is 0 Å². The average molecular weight is 186 g/mol. The molecule has 2 rings (SSSR count). The minimum atomic E-state index is -0.353. The number of hydrogen-bond donors (Lipinski definition) is 0. The lowest BCUT2D eigenvalue weighted by Crippen LogP contribution is -2.31. The van der Waals surface area contributed by atoms with Crippen molar-refractivity contribution in [2.75, 3.05) is 0 Å². The van der Waals surface area contributed by atoms with Gasteiger partial charge in [-0.15, -0.1) is 6.58 Å². The van der Waals surface area contributed by atoms with Gasteiger partial charge in [0.15, 0.2) is 5.78 Å². The molecule has 14 heavy (non-hydrogen) atoms. The van der Waals surface area contributed by atoms with Gasteiger partial charge in [0.25, 0.3) is 0 Å². The molecule has 1 aliphatic carbocycles. The monoisotopic (exact) mass is 186 g/mol. The van der Waals surface area contributed by atoms with Gasteiger partial charge in [-0.05, 0) is 25.3 Å². The molecule has 0 spiro atoms. The van der Waals surface area contributed by atoms with Crippen molar-refractivity contribution in [1.29, 1.82) is 0 Å². The predicted molar refractivity (Wildman–Crippen MR) is 57.4 cm³/mol. The van der Waals surface area contributed by atoms with Crippen molar-refractivity contribution in [2.24, 2.45) is 5.41 Å². The molecule has 0 aromatic heterocycles. The van der Waals surface area contributed by atoms with Gasteiger partial charge in [-0.2, -0.15) is 0 Å². The van der Waals surface area contributed by atoms with E-state index in [0.717, 1.165) is 18.4 Å². The number of allylic oxidation sites excluding steroid dienone is 1.